The molecule has 1 aromatic carbocycles. The van der Waals surface area contributed by atoms with Gasteiger partial charge in [-0.25, -0.2) is 4.79 Å². The Labute approximate surface area is 139 Å². The van der Waals surface area contributed by atoms with Gasteiger partial charge in [0.05, 0.1) is 0 Å². The summed E-state index contributed by atoms with van der Waals surface area (Å²) in [5, 5.41) is 7.66. The second kappa shape index (κ2) is 6.37. The number of amides is 2. The molecule has 0 aliphatic carbocycles. The molecule has 0 radical (unpaired) electrons. The molecule has 0 saturated carbocycles. The van der Waals surface area contributed by atoms with Crippen molar-refractivity contribution in [3.63, 3.8) is 0 Å². The number of fused-ring (bicyclic) bond motifs is 1. The molecule has 2 amide bonds. The van der Waals surface area contributed by atoms with Crippen LogP contribution in [0.15, 0.2) is 47.3 Å². The van der Waals surface area contributed by atoms with Gasteiger partial charge in [-0.15, -0.1) is 0 Å². The number of rotatable bonds is 3. The molecule has 7 heteroatoms. The zero-order chi connectivity index (χ0) is 16.4. The number of urea groups is 1. The average molecular weight is 325 g/mol. The molecule has 1 fully saturated rings. The number of nitrogens with zero attached hydrogens (tertiary/aromatic N) is 3. The molecule has 2 N–H and O–H groups in total. The molecular formula is C17H19N5O2. The highest BCUT2D eigenvalue weighted by atomic mass is 16.5. The van der Waals surface area contributed by atoms with E-state index >= 15 is 0 Å². The maximum Gasteiger partial charge on any atom is 0.323 e. The Morgan fingerprint density at radius 3 is 2.88 bits per heavy atom. The number of carbonyl (C=O) groups is 1. The maximum absolute atomic E-state index is 12.2. The number of H-pyrrole nitrogens is 1. The van der Waals surface area contributed by atoms with Gasteiger partial charge in [0.25, 0.3) is 0 Å². The van der Waals surface area contributed by atoms with Crippen molar-refractivity contribution in [2.45, 2.75) is 6.54 Å². The number of anilines is 1. The predicted octanol–water partition coefficient (Wildman–Crippen LogP) is 2.51. The minimum Gasteiger partial charge on any atom is -0.363 e. The Hall–Kier alpha value is -2.80. The summed E-state index contributed by atoms with van der Waals surface area (Å²) >= 11 is 0. The third-order valence-corrected chi connectivity index (χ3v) is 4.36. The fourth-order valence-electron chi connectivity index (χ4n) is 3.03. The fraction of sp³-hybridized carbons (Fsp3) is 0.294. The van der Waals surface area contributed by atoms with Crippen molar-refractivity contribution >= 4 is 22.8 Å². The highest BCUT2D eigenvalue weighted by Crippen LogP contribution is 2.16. The van der Waals surface area contributed by atoms with Crippen LogP contribution in [0.5, 0.6) is 0 Å². The van der Waals surface area contributed by atoms with Gasteiger partial charge in [0.15, 0.2) is 5.82 Å². The van der Waals surface area contributed by atoms with Crippen LogP contribution >= 0.6 is 0 Å². The van der Waals surface area contributed by atoms with Gasteiger partial charge in [0, 0.05) is 50.5 Å². The third kappa shape index (κ3) is 3.11. The van der Waals surface area contributed by atoms with E-state index in [0.717, 1.165) is 25.2 Å². The summed E-state index contributed by atoms with van der Waals surface area (Å²) in [6.45, 7) is 4.01. The molecule has 4 rings (SSSR count). The standard InChI is InChI=1S/C17H19N5O2/c23-17(19-16-4-10-24-20-16)22-8-6-21(7-9-22)12-13-1-2-14-3-5-18-15(14)11-13/h1-5,10-11,18H,6-9,12H2,(H,19,20,23). The molecule has 3 aromatic rings. The van der Waals surface area contributed by atoms with E-state index in [1.54, 1.807) is 11.0 Å². The van der Waals surface area contributed by atoms with Gasteiger partial charge in [-0.1, -0.05) is 17.3 Å². The van der Waals surface area contributed by atoms with Crippen LogP contribution in [0.1, 0.15) is 5.56 Å². The van der Waals surface area contributed by atoms with E-state index < -0.39 is 0 Å². The van der Waals surface area contributed by atoms with Gasteiger partial charge in [-0.2, -0.15) is 0 Å². The van der Waals surface area contributed by atoms with Crippen LogP contribution < -0.4 is 5.32 Å². The van der Waals surface area contributed by atoms with Gasteiger partial charge in [0.2, 0.25) is 0 Å². The number of piperazine rings is 1. The van der Waals surface area contributed by atoms with Crippen LogP contribution in [0.4, 0.5) is 10.6 Å². The zero-order valence-electron chi connectivity index (χ0n) is 13.2. The van der Waals surface area contributed by atoms with Crippen molar-refractivity contribution in [2.24, 2.45) is 0 Å². The molecule has 1 aliphatic heterocycles. The highest BCUT2D eigenvalue weighted by Gasteiger charge is 2.21. The van der Waals surface area contributed by atoms with E-state index in [0.29, 0.717) is 18.9 Å². The number of aromatic amines is 1. The average Bonchev–Trinajstić information content (AvgIpc) is 3.26. The van der Waals surface area contributed by atoms with Gasteiger partial charge in [-0.3, -0.25) is 10.2 Å². The van der Waals surface area contributed by atoms with Gasteiger partial charge in [-0.05, 0) is 23.1 Å². The number of aromatic nitrogens is 2. The first-order valence-electron chi connectivity index (χ1n) is 8.03. The van der Waals surface area contributed by atoms with Crippen molar-refractivity contribution in [2.75, 3.05) is 31.5 Å². The van der Waals surface area contributed by atoms with E-state index in [1.807, 2.05) is 6.20 Å². The maximum atomic E-state index is 12.2. The minimum atomic E-state index is -0.128. The van der Waals surface area contributed by atoms with Crippen LogP contribution in [0.3, 0.4) is 0 Å². The van der Waals surface area contributed by atoms with Gasteiger partial charge >= 0.3 is 6.03 Å². The van der Waals surface area contributed by atoms with Crippen molar-refractivity contribution < 1.29 is 9.32 Å². The topological polar surface area (TPSA) is 77.4 Å². The van der Waals surface area contributed by atoms with Crippen molar-refractivity contribution in [3.8, 4) is 0 Å². The number of hydrogen-bond donors (Lipinski definition) is 2. The van der Waals surface area contributed by atoms with E-state index in [2.05, 4.69) is 44.6 Å². The fourth-order valence-corrected chi connectivity index (χ4v) is 3.03. The van der Waals surface area contributed by atoms with Crippen LogP contribution in [0.25, 0.3) is 10.9 Å². The second-order valence-corrected chi connectivity index (χ2v) is 5.98. The number of nitrogens with one attached hydrogen (secondary N) is 2. The van der Waals surface area contributed by atoms with Crippen molar-refractivity contribution in [1.29, 1.82) is 0 Å². The Morgan fingerprint density at radius 2 is 2.08 bits per heavy atom. The Balaban J connectivity index is 1.31. The summed E-state index contributed by atoms with van der Waals surface area (Å²) in [6, 6.07) is 10.1. The summed E-state index contributed by atoms with van der Waals surface area (Å²) in [4.78, 5) is 19.6. The molecule has 3 heterocycles. The third-order valence-electron chi connectivity index (χ3n) is 4.36. The lowest BCUT2D eigenvalue weighted by molar-refractivity contribution is 0.143. The Kier molecular flexibility index (Phi) is 3.92. The monoisotopic (exact) mass is 325 g/mol. The molecule has 1 aliphatic rings. The zero-order valence-corrected chi connectivity index (χ0v) is 13.2. The molecule has 124 valence electrons. The summed E-state index contributed by atoms with van der Waals surface area (Å²) in [5.74, 6) is 0.446. The summed E-state index contributed by atoms with van der Waals surface area (Å²) in [6.07, 6.45) is 3.40. The van der Waals surface area contributed by atoms with Crippen LogP contribution in [-0.2, 0) is 6.54 Å². The first-order valence-corrected chi connectivity index (χ1v) is 8.03. The largest absolute Gasteiger partial charge is 0.363 e. The van der Waals surface area contributed by atoms with Crippen molar-refractivity contribution in [1.82, 2.24) is 19.9 Å². The molecule has 2 aromatic heterocycles. The first kappa shape index (κ1) is 14.8. The molecular weight excluding hydrogens is 306 g/mol. The second-order valence-electron chi connectivity index (χ2n) is 5.98. The minimum absolute atomic E-state index is 0.128. The lowest BCUT2D eigenvalue weighted by Crippen LogP contribution is -2.49. The summed E-state index contributed by atoms with van der Waals surface area (Å²) in [7, 11) is 0. The van der Waals surface area contributed by atoms with Crippen LogP contribution in [-0.4, -0.2) is 52.2 Å². The van der Waals surface area contributed by atoms with E-state index in [9.17, 15) is 4.79 Å². The lowest BCUT2D eigenvalue weighted by Gasteiger charge is -2.34. The molecule has 24 heavy (non-hydrogen) atoms. The predicted molar refractivity (Wildman–Crippen MR) is 90.7 cm³/mol. The summed E-state index contributed by atoms with van der Waals surface area (Å²) in [5.41, 5.74) is 2.45. The Morgan fingerprint density at radius 1 is 1.21 bits per heavy atom. The Bertz CT molecular complexity index is 819. The quantitative estimate of drug-likeness (QED) is 0.776. The van der Waals surface area contributed by atoms with E-state index in [-0.39, 0.29) is 6.03 Å². The van der Waals surface area contributed by atoms with Gasteiger partial charge < -0.3 is 14.4 Å². The van der Waals surface area contributed by atoms with E-state index in [1.165, 1.54) is 17.2 Å². The van der Waals surface area contributed by atoms with E-state index in [4.69, 9.17) is 4.52 Å². The molecule has 7 nitrogen and oxygen atoms in total. The summed E-state index contributed by atoms with van der Waals surface area (Å²) < 4.78 is 4.72. The van der Waals surface area contributed by atoms with Crippen molar-refractivity contribution in [3.05, 3.63) is 48.4 Å². The van der Waals surface area contributed by atoms with Gasteiger partial charge in [0.1, 0.15) is 6.26 Å². The molecule has 1 saturated heterocycles. The molecule has 0 spiro atoms. The molecule has 0 unspecified atom stereocenters. The first-order chi connectivity index (χ1) is 11.8. The normalized spacial score (nSPS) is 15.8. The number of carbonyl (C=O) groups excluding carboxylic acids is 1. The molecule has 0 bridgehead atoms. The van der Waals surface area contributed by atoms with Crippen LogP contribution in [0, 0.1) is 0 Å². The SMILES string of the molecule is O=C(Nc1ccon1)N1CCN(Cc2ccc3cc[nH]c3c2)CC1. The van der Waals surface area contributed by atoms with Crippen LogP contribution in [0.2, 0.25) is 0 Å². The number of hydrogen-bond acceptors (Lipinski definition) is 4. The highest BCUT2D eigenvalue weighted by molar-refractivity contribution is 5.88. The smallest absolute Gasteiger partial charge is 0.323 e. The lowest BCUT2D eigenvalue weighted by atomic mass is 10.1. The molecule has 0 atom stereocenters. The number of benzene rings is 1.